The molecule has 0 fully saturated rings. The molecular formula is C11H14N4O. The Bertz CT molecular complexity index is 427. The molecule has 0 atom stereocenters. The molecule has 2 aromatic heterocycles. The lowest BCUT2D eigenvalue weighted by Gasteiger charge is -1.93. The monoisotopic (exact) mass is 218 g/mol. The molecule has 2 heterocycles. The van der Waals surface area contributed by atoms with Crippen LogP contribution in [0.25, 0.3) is 11.5 Å². The average Bonchev–Trinajstić information content (AvgIpc) is 2.79. The molecule has 0 amide bonds. The van der Waals surface area contributed by atoms with Gasteiger partial charge < -0.3 is 9.84 Å². The molecule has 0 radical (unpaired) electrons. The van der Waals surface area contributed by atoms with E-state index in [2.05, 4.69) is 20.4 Å². The van der Waals surface area contributed by atoms with Gasteiger partial charge in [-0.1, -0.05) is 5.16 Å². The van der Waals surface area contributed by atoms with Crippen molar-refractivity contribution >= 4 is 0 Å². The summed E-state index contributed by atoms with van der Waals surface area (Å²) >= 11 is 0. The van der Waals surface area contributed by atoms with E-state index >= 15 is 0 Å². The van der Waals surface area contributed by atoms with Gasteiger partial charge in [-0.2, -0.15) is 4.98 Å². The van der Waals surface area contributed by atoms with E-state index < -0.39 is 0 Å². The summed E-state index contributed by atoms with van der Waals surface area (Å²) in [5.74, 6) is 1.31. The molecule has 0 saturated carbocycles. The third-order valence-electron chi connectivity index (χ3n) is 2.22. The number of pyridine rings is 1. The van der Waals surface area contributed by atoms with Gasteiger partial charge in [-0.15, -0.1) is 0 Å². The number of hydrogen-bond acceptors (Lipinski definition) is 5. The third kappa shape index (κ3) is 2.64. The zero-order valence-corrected chi connectivity index (χ0v) is 9.18. The first-order valence-corrected chi connectivity index (χ1v) is 5.28. The molecule has 16 heavy (non-hydrogen) atoms. The normalized spacial score (nSPS) is 10.6. The van der Waals surface area contributed by atoms with Crippen LogP contribution in [0.5, 0.6) is 0 Å². The summed E-state index contributed by atoms with van der Waals surface area (Å²) in [6.45, 7) is 0.957. The molecule has 0 bridgehead atoms. The number of hydrogen-bond donors (Lipinski definition) is 1. The number of nitrogens with one attached hydrogen (secondary N) is 1. The molecule has 1 N–H and O–H groups in total. The van der Waals surface area contributed by atoms with E-state index in [9.17, 15) is 0 Å². The Morgan fingerprint density at radius 1 is 1.31 bits per heavy atom. The Morgan fingerprint density at radius 3 is 2.88 bits per heavy atom. The standard InChI is InChI=1S/C11H14N4O/c1-12-6-2-3-10-14-11(16-15-10)9-4-7-13-8-5-9/h4-5,7-8,12H,2-3,6H2,1H3. The van der Waals surface area contributed by atoms with Gasteiger partial charge in [0.05, 0.1) is 0 Å². The molecular weight excluding hydrogens is 204 g/mol. The predicted molar refractivity (Wildman–Crippen MR) is 59.8 cm³/mol. The fraction of sp³-hybridized carbons (Fsp3) is 0.364. The van der Waals surface area contributed by atoms with E-state index in [1.165, 1.54) is 0 Å². The first-order valence-electron chi connectivity index (χ1n) is 5.28. The maximum atomic E-state index is 5.17. The fourth-order valence-electron chi connectivity index (χ4n) is 1.39. The molecule has 0 aliphatic heterocycles. The van der Waals surface area contributed by atoms with Crippen LogP contribution in [-0.2, 0) is 6.42 Å². The van der Waals surface area contributed by atoms with Gasteiger partial charge in [0, 0.05) is 24.4 Å². The van der Waals surface area contributed by atoms with Crippen LogP contribution < -0.4 is 5.32 Å². The quantitative estimate of drug-likeness (QED) is 0.766. The summed E-state index contributed by atoms with van der Waals surface area (Å²) < 4.78 is 5.17. The molecule has 0 saturated heterocycles. The van der Waals surface area contributed by atoms with Crippen molar-refractivity contribution in [3.63, 3.8) is 0 Å². The molecule has 0 aliphatic rings. The molecule has 2 aromatic rings. The summed E-state index contributed by atoms with van der Waals surface area (Å²) in [5.41, 5.74) is 0.905. The van der Waals surface area contributed by atoms with Crippen LogP contribution in [0.4, 0.5) is 0 Å². The van der Waals surface area contributed by atoms with Gasteiger partial charge in [0.25, 0.3) is 5.89 Å². The molecule has 2 rings (SSSR count). The Balaban J connectivity index is 2.02. The minimum absolute atomic E-state index is 0.557. The summed E-state index contributed by atoms with van der Waals surface area (Å²) in [6, 6.07) is 3.70. The summed E-state index contributed by atoms with van der Waals surface area (Å²) in [5, 5.41) is 7.01. The van der Waals surface area contributed by atoms with E-state index in [4.69, 9.17) is 4.52 Å². The van der Waals surface area contributed by atoms with Gasteiger partial charge in [0.15, 0.2) is 5.82 Å². The first kappa shape index (κ1) is 10.8. The lowest BCUT2D eigenvalue weighted by molar-refractivity contribution is 0.421. The van der Waals surface area contributed by atoms with E-state index in [1.54, 1.807) is 12.4 Å². The van der Waals surface area contributed by atoms with Crippen LogP contribution in [0.2, 0.25) is 0 Å². The molecule has 0 aliphatic carbocycles. The molecule has 5 heteroatoms. The van der Waals surface area contributed by atoms with Crippen molar-refractivity contribution in [1.29, 1.82) is 0 Å². The second kappa shape index (κ2) is 5.37. The van der Waals surface area contributed by atoms with Crippen molar-refractivity contribution in [2.75, 3.05) is 13.6 Å². The van der Waals surface area contributed by atoms with Crippen molar-refractivity contribution in [1.82, 2.24) is 20.4 Å². The van der Waals surface area contributed by atoms with Crippen molar-refractivity contribution in [2.45, 2.75) is 12.8 Å². The van der Waals surface area contributed by atoms with Gasteiger partial charge in [-0.05, 0) is 32.1 Å². The Kier molecular flexibility index (Phi) is 3.61. The highest BCUT2D eigenvalue weighted by molar-refractivity contribution is 5.50. The van der Waals surface area contributed by atoms with Crippen LogP contribution in [-0.4, -0.2) is 28.7 Å². The second-order valence-corrected chi connectivity index (χ2v) is 3.46. The highest BCUT2D eigenvalue weighted by atomic mass is 16.5. The van der Waals surface area contributed by atoms with Crippen LogP contribution in [0.3, 0.4) is 0 Å². The molecule has 0 spiro atoms. The van der Waals surface area contributed by atoms with Gasteiger partial charge >= 0.3 is 0 Å². The number of nitrogens with zero attached hydrogens (tertiary/aromatic N) is 3. The van der Waals surface area contributed by atoms with E-state index in [0.29, 0.717) is 5.89 Å². The SMILES string of the molecule is CNCCCc1noc(-c2ccncc2)n1. The van der Waals surface area contributed by atoms with E-state index in [0.717, 1.165) is 30.8 Å². The summed E-state index contributed by atoms with van der Waals surface area (Å²) in [7, 11) is 1.93. The summed E-state index contributed by atoms with van der Waals surface area (Å²) in [6.07, 6.45) is 5.25. The van der Waals surface area contributed by atoms with Crippen molar-refractivity contribution in [3.8, 4) is 11.5 Å². The molecule has 0 aromatic carbocycles. The molecule has 5 nitrogen and oxygen atoms in total. The molecule has 84 valence electrons. The maximum Gasteiger partial charge on any atom is 0.258 e. The zero-order valence-electron chi connectivity index (χ0n) is 9.18. The van der Waals surface area contributed by atoms with Gasteiger partial charge in [0.1, 0.15) is 0 Å². The van der Waals surface area contributed by atoms with Gasteiger partial charge in [0.2, 0.25) is 0 Å². The lowest BCUT2D eigenvalue weighted by atomic mass is 10.2. The second-order valence-electron chi connectivity index (χ2n) is 3.46. The highest BCUT2D eigenvalue weighted by Gasteiger charge is 2.07. The van der Waals surface area contributed by atoms with Crippen LogP contribution >= 0.6 is 0 Å². The van der Waals surface area contributed by atoms with E-state index in [1.807, 2.05) is 19.2 Å². The van der Waals surface area contributed by atoms with Crippen LogP contribution in [0.15, 0.2) is 29.0 Å². The van der Waals surface area contributed by atoms with Crippen molar-refractivity contribution < 1.29 is 4.52 Å². The maximum absolute atomic E-state index is 5.17. The average molecular weight is 218 g/mol. The van der Waals surface area contributed by atoms with Crippen molar-refractivity contribution in [3.05, 3.63) is 30.4 Å². The topological polar surface area (TPSA) is 63.8 Å². The van der Waals surface area contributed by atoms with Crippen LogP contribution in [0.1, 0.15) is 12.2 Å². The largest absolute Gasteiger partial charge is 0.334 e. The summed E-state index contributed by atoms with van der Waals surface area (Å²) in [4.78, 5) is 8.26. The minimum Gasteiger partial charge on any atom is -0.334 e. The Labute approximate surface area is 93.9 Å². The minimum atomic E-state index is 0.557. The third-order valence-corrected chi connectivity index (χ3v) is 2.22. The number of aromatic nitrogens is 3. The predicted octanol–water partition coefficient (Wildman–Crippen LogP) is 1.28. The smallest absolute Gasteiger partial charge is 0.258 e. The van der Waals surface area contributed by atoms with E-state index in [-0.39, 0.29) is 0 Å². The number of aryl methyl sites for hydroxylation is 1. The van der Waals surface area contributed by atoms with Crippen LogP contribution in [0, 0.1) is 0 Å². The highest BCUT2D eigenvalue weighted by Crippen LogP contribution is 2.15. The lowest BCUT2D eigenvalue weighted by Crippen LogP contribution is -2.08. The van der Waals surface area contributed by atoms with Crippen molar-refractivity contribution in [2.24, 2.45) is 0 Å². The number of rotatable bonds is 5. The fourth-order valence-corrected chi connectivity index (χ4v) is 1.39. The Hall–Kier alpha value is -1.75. The van der Waals surface area contributed by atoms with Gasteiger partial charge in [-0.3, -0.25) is 4.98 Å². The Morgan fingerprint density at radius 2 is 2.12 bits per heavy atom. The van der Waals surface area contributed by atoms with Gasteiger partial charge in [-0.25, -0.2) is 0 Å². The molecule has 0 unspecified atom stereocenters. The first-order chi connectivity index (χ1) is 7.90. The zero-order chi connectivity index (χ0) is 11.2.